The lowest BCUT2D eigenvalue weighted by Gasteiger charge is -2.22. The van der Waals surface area contributed by atoms with Crippen LogP contribution in [-0.2, 0) is 4.79 Å². The van der Waals surface area contributed by atoms with Gasteiger partial charge in [0.1, 0.15) is 0 Å². The highest BCUT2D eigenvalue weighted by Crippen LogP contribution is 2.17. The van der Waals surface area contributed by atoms with Crippen molar-refractivity contribution in [2.24, 2.45) is 0 Å². The van der Waals surface area contributed by atoms with E-state index in [1.807, 2.05) is 0 Å². The summed E-state index contributed by atoms with van der Waals surface area (Å²) in [6.07, 6.45) is 56.9. The predicted octanol–water partition coefficient (Wildman–Crippen LogP) is 14.8. The first-order valence-corrected chi connectivity index (χ1v) is 23.5. The number of nitrogens with one attached hydrogen (secondary N) is 1. The molecule has 308 valence electrons. The summed E-state index contributed by atoms with van der Waals surface area (Å²) in [5.74, 6) is -0.0370. The fourth-order valence-corrected chi connectivity index (χ4v) is 7.33. The summed E-state index contributed by atoms with van der Waals surface area (Å²) >= 11 is 0. The molecule has 0 aliphatic carbocycles. The minimum atomic E-state index is -0.661. The molecule has 0 radical (unpaired) electrons. The third-order valence-corrected chi connectivity index (χ3v) is 11.0. The normalized spacial score (nSPS) is 13.1. The number of aliphatic hydroxyl groups is 2. The van der Waals surface area contributed by atoms with Gasteiger partial charge >= 0.3 is 0 Å². The van der Waals surface area contributed by atoms with Crippen LogP contribution in [0.15, 0.2) is 24.3 Å². The van der Waals surface area contributed by atoms with Crippen molar-refractivity contribution in [3.05, 3.63) is 24.3 Å². The van der Waals surface area contributed by atoms with Crippen LogP contribution in [0.25, 0.3) is 0 Å². The third-order valence-electron chi connectivity index (χ3n) is 11.0. The quantitative estimate of drug-likeness (QED) is 0.0432. The molecule has 0 saturated heterocycles. The van der Waals surface area contributed by atoms with E-state index in [0.717, 1.165) is 32.1 Å². The number of carbonyl (C=O) groups excluding carboxylic acids is 1. The van der Waals surface area contributed by atoms with E-state index >= 15 is 0 Å². The van der Waals surface area contributed by atoms with Crippen LogP contribution in [-0.4, -0.2) is 34.9 Å². The van der Waals surface area contributed by atoms with Gasteiger partial charge in [0.25, 0.3) is 0 Å². The van der Waals surface area contributed by atoms with Crippen LogP contribution in [0.3, 0.4) is 0 Å². The summed E-state index contributed by atoms with van der Waals surface area (Å²) in [7, 11) is 0. The van der Waals surface area contributed by atoms with Crippen molar-refractivity contribution < 1.29 is 15.0 Å². The number of hydrogen-bond acceptors (Lipinski definition) is 3. The van der Waals surface area contributed by atoms with Crippen LogP contribution < -0.4 is 5.32 Å². The molecule has 2 unspecified atom stereocenters. The Labute approximate surface area is 326 Å². The standard InChI is InChI=1S/C48H93NO3/c1-3-5-7-9-11-13-15-17-19-21-22-23-24-25-26-28-29-31-33-35-37-39-41-43-47(51)46(45-50)49-48(52)44-42-40-38-36-34-32-30-27-20-18-16-14-12-10-8-6-4-2/h12,14,18,20,46-47,50-51H,3-11,13,15-17,19,21-45H2,1-2H3,(H,49,52)/b14-12-,20-18-. The Morgan fingerprint density at radius 2 is 0.788 bits per heavy atom. The molecule has 0 fully saturated rings. The second-order valence-electron chi connectivity index (χ2n) is 16.2. The van der Waals surface area contributed by atoms with E-state index in [1.54, 1.807) is 0 Å². The molecule has 0 bridgehead atoms. The molecule has 0 aliphatic rings. The predicted molar refractivity (Wildman–Crippen MR) is 230 cm³/mol. The van der Waals surface area contributed by atoms with E-state index in [-0.39, 0.29) is 12.5 Å². The van der Waals surface area contributed by atoms with Gasteiger partial charge in [-0.25, -0.2) is 0 Å². The van der Waals surface area contributed by atoms with Crippen LogP contribution in [0.5, 0.6) is 0 Å². The molecule has 0 aliphatic heterocycles. The highest BCUT2D eigenvalue weighted by molar-refractivity contribution is 5.76. The number of allylic oxidation sites excluding steroid dienone is 4. The molecule has 0 heterocycles. The molecule has 0 saturated carbocycles. The maximum atomic E-state index is 12.4. The Hall–Kier alpha value is -1.13. The van der Waals surface area contributed by atoms with Gasteiger partial charge in [-0.1, -0.05) is 231 Å². The minimum absolute atomic E-state index is 0.0370. The zero-order valence-electron chi connectivity index (χ0n) is 35.3. The number of hydrogen-bond donors (Lipinski definition) is 3. The van der Waals surface area contributed by atoms with Crippen LogP contribution >= 0.6 is 0 Å². The van der Waals surface area contributed by atoms with Crippen molar-refractivity contribution in [1.29, 1.82) is 0 Å². The summed E-state index contributed by atoms with van der Waals surface area (Å²) < 4.78 is 0. The first-order chi connectivity index (χ1) is 25.7. The number of aliphatic hydroxyl groups excluding tert-OH is 2. The van der Waals surface area contributed by atoms with Gasteiger partial charge in [0.2, 0.25) is 5.91 Å². The van der Waals surface area contributed by atoms with E-state index in [4.69, 9.17) is 0 Å². The third kappa shape index (κ3) is 40.1. The summed E-state index contributed by atoms with van der Waals surface area (Å²) in [5, 5.41) is 23.2. The maximum absolute atomic E-state index is 12.4. The summed E-state index contributed by atoms with van der Waals surface area (Å²) in [6.45, 7) is 4.35. The van der Waals surface area contributed by atoms with Gasteiger partial charge < -0.3 is 15.5 Å². The van der Waals surface area contributed by atoms with Crippen molar-refractivity contribution in [1.82, 2.24) is 5.32 Å². The number of carbonyl (C=O) groups is 1. The number of rotatable bonds is 43. The highest BCUT2D eigenvalue weighted by atomic mass is 16.3. The van der Waals surface area contributed by atoms with Crippen molar-refractivity contribution in [2.45, 2.75) is 270 Å². The fraction of sp³-hybridized carbons (Fsp3) is 0.896. The summed E-state index contributed by atoms with van der Waals surface area (Å²) in [4.78, 5) is 12.4. The van der Waals surface area contributed by atoms with Gasteiger partial charge in [0.15, 0.2) is 0 Å². The number of amides is 1. The SMILES string of the molecule is CCCCC/C=C\C/C=C\CCCCCCCCCC(=O)NC(CO)C(O)CCCCCCCCCCCCCCCCCCCCCCCCC. The fourth-order valence-electron chi connectivity index (χ4n) is 7.33. The number of unbranched alkanes of at least 4 members (excludes halogenated alkanes) is 32. The zero-order valence-corrected chi connectivity index (χ0v) is 35.3. The molecule has 4 nitrogen and oxygen atoms in total. The average molecular weight is 732 g/mol. The first kappa shape index (κ1) is 50.9. The molecule has 0 aromatic rings. The molecule has 4 heteroatoms. The van der Waals surface area contributed by atoms with Gasteiger partial charge in [-0.3, -0.25) is 4.79 Å². The molecule has 0 aromatic heterocycles. The van der Waals surface area contributed by atoms with Gasteiger partial charge in [0, 0.05) is 6.42 Å². The topological polar surface area (TPSA) is 69.6 Å². The van der Waals surface area contributed by atoms with Crippen LogP contribution in [0.2, 0.25) is 0 Å². The molecule has 52 heavy (non-hydrogen) atoms. The first-order valence-electron chi connectivity index (χ1n) is 23.5. The van der Waals surface area contributed by atoms with Crippen molar-refractivity contribution >= 4 is 5.91 Å². The summed E-state index contributed by atoms with van der Waals surface area (Å²) in [5.41, 5.74) is 0. The van der Waals surface area contributed by atoms with E-state index in [0.29, 0.717) is 12.8 Å². The second kappa shape index (κ2) is 44.3. The smallest absolute Gasteiger partial charge is 0.220 e. The van der Waals surface area contributed by atoms with Gasteiger partial charge in [-0.05, 0) is 44.9 Å². The molecule has 0 aromatic carbocycles. The van der Waals surface area contributed by atoms with E-state index in [1.165, 1.54) is 199 Å². The summed E-state index contributed by atoms with van der Waals surface area (Å²) in [6, 6.07) is -0.539. The Morgan fingerprint density at radius 1 is 0.462 bits per heavy atom. The maximum Gasteiger partial charge on any atom is 0.220 e. The van der Waals surface area contributed by atoms with Gasteiger partial charge in [0.05, 0.1) is 18.8 Å². The largest absolute Gasteiger partial charge is 0.394 e. The molecule has 2 atom stereocenters. The monoisotopic (exact) mass is 732 g/mol. The Morgan fingerprint density at radius 3 is 1.19 bits per heavy atom. The molecule has 0 spiro atoms. The van der Waals surface area contributed by atoms with E-state index in [9.17, 15) is 15.0 Å². The molecular formula is C48H93NO3. The molecule has 1 amide bonds. The van der Waals surface area contributed by atoms with E-state index < -0.39 is 12.1 Å². The lowest BCUT2D eigenvalue weighted by atomic mass is 10.0. The zero-order chi connectivity index (χ0) is 37.8. The lowest BCUT2D eigenvalue weighted by Crippen LogP contribution is -2.45. The van der Waals surface area contributed by atoms with Crippen molar-refractivity contribution in [2.75, 3.05) is 6.61 Å². The van der Waals surface area contributed by atoms with Crippen molar-refractivity contribution in [3.63, 3.8) is 0 Å². The van der Waals surface area contributed by atoms with Crippen LogP contribution in [0.1, 0.15) is 258 Å². The molecular weight excluding hydrogens is 639 g/mol. The minimum Gasteiger partial charge on any atom is -0.394 e. The average Bonchev–Trinajstić information content (AvgIpc) is 3.15. The van der Waals surface area contributed by atoms with Crippen LogP contribution in [0.4, 0.5) is 0 Å². The van der Waals surface area contributed by atoms with E-state index in [2.05, 4.69) is 43.5 Å². The van der Waals surface area contributed by atoms with Crippen LogP contribution in [0, 0.1) is 0 Å². The molecule has 0 rings (SSSR count). The Balaban J connectivity index is 3.48. The Kier molecular flexibility index (Phi) is 43.3. The molecule has 3 N–H and O–H groups in total. The Bertz CT molecular complexity index is 750. The highest BCUT2D eigenvalue weighted by Gasteiger charge is 2.20. The van der Waals surface area contributed by atoms with Gasteiger partial charge in [-0.15, -0.1) is 0 Å². The van der Waals surface area contributed by atoms with Crippen molar-refractivity contribution in [3.8, 4) is 0 Å². The second-order valence-corrected chi connectivity index (χ2v) is 16.2. The van der Waals surface area contributed by atoms with Gasteiger partial charge in [-0.2, -0.15) is 0 Å². The lowest BCUT2D eigenvalue weighted by molar-refractivity contribution is -0.123.